The van der Waals surface area contributed by atoms with Gasteiger partial charge in [-0.3, -0.25) is 4.79 Å². The molecular weight excluding hydrogens is 248 g/mol. The van der Waals surface area contributed by atoms with Gasteiger partial charge >= 0.3 is 0 Å². The largest absolute Gasteiger partial charge is 0.356 e. The molecule has 2 N–H and O–H groups in total. The third kappa shape index (κ3) is 6.60. The highest BCUT2D eigenvalue weighted by molar-refractivity contribution is 5.85. The Morgan fingerprint density at radius 2 is 2.00 bits per heavy atom. The fourth-order valence-corrected chi connectivity index (χ4v) is 2.50. The summed E-state index contributed by atoms with van der Waals surface area (Å²) in [4.78, 5) is 11.8. The molecule has 1 unspecified atom stereocenters. The number of halogens is 1. The summed E-state index contributed by atoms with van der Waals surface area (Å²) in [5.74, 6) is 0.742. The van der Waals surface area contributed by atoms with Crippen molar-refractivity contribution in [3.63, 3.8) is 0 Å². The minimum absolute atomic E-state index is 0. The van der Waals surface area contributed by atoms with Gasteiger partial charge in [0.2, 0.25) is 5.91 Å². The van der Waals surface area contributed by atoms with Crippen LogP contribution in [0.5, 0.6) is 0 Å². The fraction of sp³-hybridized carbons (Fsp3) is 0.929. The Bertz CT molecular complexity index is 240. The number of amides is 1. The summed E-state index contributed by atoms with van der Waals surface area (Å²) < 4.78 is 0. The maximum absolute atomic E-state index is 11.8. The minimum Gasteiger partial charge on any atom is -0.356 e. The van der Waals surface area contributed by atoms with Crippen LogP contribution in [0.1, 0.15) is 52.9 Å². The minimum atomic E-state index is 0. The zero-order valence-corrected chi connectivity index (χ0v) is 12.9. The Morgan fingerprint density at radius 3 is 2.56 bits per heavy atom. The number of nitrogens with one attached hydrogen (secondary N) is 2. The predicted molar refractivity (Wildman–Crippen MR) is 79.2 cm³/mol. The zero-order chi connectivity index (χ0) is 12.7. The maximum atomic E-state index is 11.8. The molecule has 0 radical (unpaired) electrons. The molecule has 1 fully saturated rings. The molecule has 108 valence electrons. The van der Waals surface area contributed by atoms with E-state index >= 15 is 0 Å². The number of hydrogen-bond donors (Lipinski definition) is 2. The fourth-order valence-electron chi connectivity index (χ4n) is 2.50. The van der Waals surface area contributed by atoms with Crippen LogP contribution in [0.25, 0.3) is 0 Å². The lowest BCUT2D eigenvalue weighted by Gasteiger charge is -2.34. The van der Waals surface area contributed by atoms with Gasteiger partial charge in [-0.1, -0.05) is 33.6 Å². The molecule has 1 heterocycles. The summed E-state index contributed by atoms with van der Waals surface area (Å²) in [5.41, 5.74) is 0.301. The average Bonchev–Trinajstić information content (AvgIpc) is 2.28. The van der Waals surface area contributed by atoms with Gasteiger partial charge in [0.1, 0.15) is 0 Å². The third-order valence-corrected chi connectivity index (χ3v) is 3.84. The summed E-state index contributed by atoms with van der Waals surface area (Å²) in [5, 5.41) is 6.48. The van der Waals surface area contributed by atoms with Crippen molar-refractivity contribution < 1.29 is 4.79 Å². The van der Waals surface area contributed by atoms with E-state index < -0.39 is 0 Å². The van der Waals surface area contributed by atoms with Gasteiger partial charge in [0, 0.05) is 13.0 Å². The standard InChI is InChI=1S/C14H28N2O.ClH/c1-4-5-12(2)10-13(17)16-11-14(3)6-8-15-9-7-14;/h12,15H,4-11H2,1-3H3,(H,16,17);1H. The first-order valence-corrected chi connectivity index (χ1v) is 7.03. The molecule has 4 heteroatoms. The van der Waals surface area contributed by atoms with Crippen LogP contribution in [0.4, 0.5) is 0 Å². The van der Waals surface area contributed by atoms with Gasteiger partial charge in [-0.15, -0.1) is 12.4 Å². The van der Waals surface area contributed by atoms with E-state index in [2.05, 4.69) is 31.4 Å². The second kappa shape index (κ2) is 8.76. The van der Waals surface area contributed by atoms with E-state index in [-0.39, 0.29) is 18.3 Å². The van der Waals surface area contributed by atoms with Crippen molar-refractivity contribution in [1.29, 1.82) is 0 Å². The Labute approximate surface area is 118 Å². The number of carbonyl (C=O) groups excluding carboxylic acids is 1. The van der Waals surface area contributed by atoms with Gasteiger partial charge in [0.05, 0.1) is 0 Å². The monoisotopic (exact) mass is 276 g/mol. The molecule has 1 aliphatic heterocycles. The molecule has 18 heavy (non-hydrogen) atoms. The van der Waals surface area contributed by atoms with E-state index in [9.17, 15) is 4.79 Å². The molecule has 1 saturated heterocycles. The number of rotatable bonds is 6. The van der Waals surface area contributed by atoms with Gasteiger partial charge in [-0.05, 0) is 37.3 Å². The molecule has 1 aliphatic rings. The van der Waals surface area contributed by atoms with E-state index in [0.717, 1.165) is 45.3 Å². The molecule has 0 saturated carbocycles. The smallest absolute Gasteiger partial charge is 0.220 e. The van der Waals surface area contributed by atoms with E-state index in [4.69, 9.17) is 0 Å². The third-order valence-electron chi connectivity index (χ3n) is 3.84. The van der Waals surface area contributed by atoms with Crippen LogP contribution >= 0.6 is 12.4 Å². The van der Waals surface area contributed by atoms with Crippen LogP contribution in [-0.4, -0.2) is 25.5 Å². The maximum Gasteiger partial charge on any atom is 0.220 e. The van der Waals surface area contributed by atoms with Crippen LogP contribution in [0, 0.1) is 11.3 Å². The lowest BCUT2D eigenvalue weighted by Crippen LogP contribution is -2.43. The van der Waals surface area contributed by atoms with E-state index in [1.165, 1.54) is 0 Å². The highest BCUT2D eigenvalue weighted by atomic mass is 35.5. The molecule has 0 aliphatic carbocycles. The molecule has 3 nitrogen and oxygen atoms in total. The summed E-state index contributed by atoms with van der Waals surface area (Å²) >= 11 is 0. The van der Waals surface area contributed by atoms with Crippen LogP contribution in [0.2, 0.25) is 0 Å². The van der Waals surface area contributed by atoms with Crippen molar-refractivity contribution in [2.75, 3.05) is 19.6 Å². The van der Waals surface area contributed by atoms with Crippen LogP contribution in [0.15, 0.2) is 0 Å². The average molecular weight is 277 g/mol. The van der Waals surface area contributed by atoms with Crippen molar-refractivity contribution in [1.82, 2.24) is 10.6 Å². The van der Waals surface area contributed by atoms with Crippen LogP contribution in [-0.2, 0) is 4.79 Å². The summed E-state index contributed by atoms with van der Waals surface area (Å²) in [7, 11) is 0. The first-order chi connectivity index (χ1) is 8.06. The second-order valence-corrected chi connectivity index (χ2v) is 5.94. The molecule has 0 aromatic rings. The summed E-state index contributed by atoms with van der Waals surface area (Å²) in [6, 6.07) is 0. The van der Waals surface area contributed by atoms with Crippen molar-refractivity contribution in [3.8, 4) is 0 Å². The van der Waals surface area contributed by atoms with Crippen molar-refractivity contribution >= 4 is 18.3 Å². The molecule has 0 aromatic carbocycles. The molecule has 1 atom stereocenters. The molecule has 0 aromatic heterocycles. The normalized spacial score (nSPS) is 19.7. The van der Waals surface area contributed by atoms with Crippen LogP contribution in [0.3, 0.4) is 0 Å². The second-order valence-electron chi connectivity index (χ2n) is 5.94. The van der Waals surface area contributed by atoms with Crippen LogP contribution < -0.4 is 10.6 Å². The Kier molecular flexibility index (Phi) is 8.62. The highest BCUT2D eigenvalue weighted by Crippen LogP contribution is 2.26. The Morgan fingerprint density at radius 1 is 1.39 bits per heavy atom. The molecule has 0 bridgehead atoms. The SMILES string of the molecule is CCCC(C)CC(=O)NCC1(C)CCNCC1.Cl. The van der Waals surface area contributed by atoms with Gasteiger partial charge in [-0.25, -0.2) is 0 Å². The van der Waals surface area contributed by atoms with Gasteiger partial charge in [0.25, 0.3) is 0 Å². The van der Waals surface area contributed by atoms with Crippen molar-refractivity contribution in [2.24, 2.45) is 11.3 Å². The Balaban J connectivity index is 0.00000289. The quantitative estimate of drug-likeness (QED) is 0.783. The lowest BCUT2D eigenvalue weighted by atomic mass is 9.81. The van der Waals surface area contributed by atoms with Gasteiger partial charge < -0.3 is 10.6 Å². The Hall–Kier alpha value is -0.280. The van der Waals surface area contributed by atoms with Crippen molar-refractivity contribution in [3.05, 3.63) is 0 Å². The van der Waals surface area contributed by atoms with Gasteiger partial charge in [-0.2, -0.15) is 0 Å². The van der Waals surface area contributed by atoms with E-state index in [0.29, 0.717) is 17.8 Å². The number of carbonyl (C=O) groups is 1. The summed E-state index contributed by atoms with van der Waals surface area (Å²) in [6.07, 6.45) is 5.32. The zero-order valence-electron chi connectivity index (χ0n) is 12.1. The van der Waals surface area contributed by atoms with Gasteiger partial charge in [0.15, 0.2) is 0 Å². The first kappa shape index (κ1) is 17.7. The lowest BCUT2D eigenvalue weighted by molar-refractivity contribution is -0.122. The molecular formula is C14H29ClN2O. The van der Waals surface area contributed by atoms with E-state index in [1.807, 2.05) is 0 Å². The first-order valence-electron chi connectivity index (χ1n) is 7.03. The topological polar surface area (TPSA) is 41.1 Å². The number of piperidine rings is 1. The van der Waals surface area contributed by atoms with Crippen molar-refractivity contribution in [2.45, 2.75) is 52.9 Å². The highest BCUT2D eigenvalue weighted by Gasteiger charge is 2.27. The van der Waals surface area contributed by atoms with E-state index in [1.54, 1.807) is 0 Å². The number of hydrogen-bond acceptors (Lipinski definition) is 2. The molecule has 0 spiro atoms. The summed E-state index contributed by atoms with van der Waals surface area (Å²) in [6.45, 7) is 9.62. The predicted octanol–water partition coefficient (Wildman–Crippen LogP) is 2.74. The molecule has 1 rings (SSSR count). The molecule has 1 amide bonds.